The smallest absolute Gasteiger partial charge is 0.225 e. The van der Waals surface area contributed by atoms with Crippen molar-refractivity contribution < 1.29 is 9.53 Å². The summed E-state index contributed by atoms with van der Waals surface area (Å²) in [4.78, 5) is 18.9. The third-order valence-electron chi connectivity index (χ3n) is 4.49. The zero-order valence-electron chi connectivity index (χ0n) is 15.2. The summed E-state index contributed by atoms with van der Waals surface area (Å²) >= 11 is 6.02. The number of aromatic nitrogens is 1. The summed E-state index contributed by atoms with van der Waals surface area (Å²) in [6, 6.07) is 9.42. The van der Waals surface area contributed by atoms with E-state index in [4.69, 9.17) is 16.3 Å². The number of methoxy groups -OCH3 is 1. The monoisotopic (exact) mass is 410 g/mol. The minimum absolute atomic E-state index is 0. The van der Waals surface area contributed by atoms with E-state index in [0.717, 1.165) is 25.2 Å². The molecular formula is C19H24Cl2N4O2. The Morgan fingerprint density at radius 1 is 1.44 bits per heavy atom. The lowest BCUT2D eigenvalue weighted by molar-refractivity contribution is -0.116. The molecule has 2 heterocycles. The summed E-state index contributed by atoms with van der Waals surface area (Å²) in [5, 5.41) is 6.86. The molecule has 6 nitrogen and oxygen atoms in total. The first-order valence-electron chi connectivity index (χ1n) is 8.65. The van der Waals surface area contributed by atoms with Gasteiger partial charge in [-0.3, -0.25) is 14.7 Å². The summed E-state index contributed by atoms with van der Waals surface area (Å²) in [6.07, 6.45) is 4.06. The Morgan fingerprint density at radius 2 is 2.30 bits per heavy atom. The molecule has 8 heteroatoms. The highest BCUT2D eigenvalue weighted by molar-refractivity contribution is 6.31. The highest BCUT2D eigenvalue weighted by atomic mass is 35.5. The Bertz CT molecular complexity index is 746. The second kappa shape index (κ2) is 10.5. The number of halogens is 2. The predicted molar refractivity (Wildman–Crippen MR) is 110 cm³/mol. The second-order valence-corrected chi connectivity index (χ2v) is 6.62. The lowest BCUT2D eigenvalue weighted by atomic mass is 10.1. The van der Waals surface area contributed by atoms with Crippen LogP contribution in [0.2, 0.25) is 5.02 Å². The maximum absolute atomic E-state index is 12.4. The number of pyridine rings is 1. The fourth-order valence-corrected chi connectivity index (χ4v) is 3.32. The van der Waals surface area contributed by atoms with Crippen LogP contribution in [0.25, 0.3) is 0 Å². The molecule has 0 bridgehead atoms. The van der Waals surface area contributed by atoms with Gasteiger partial charge in [0, 0.05) is 56.1 Å². The number of amides is 1. The quantitative estimate of drug-likeness (QED) is 0.765. The lowest BCUT2D eigenvalue weighted by Gasteiger charge is -2.36. The van der Waals surface area contributed by atoms with Crippen LogP contribution in [0.5, 0.6) is 5.75 Å². The molecule has 2 N–H and O–H groups in total. The van der Waals surface area contributed by atoms with Crippen molar-refractivity contribution in [2.45, 2.75) is 12.5 Å². The molecule has 1 aliphatic rings. The number of hydrogen-bond donors (Lipinski definition) is 2. The predicted octanol–water partition coefficient (Wildman–Crippen LogP) is 3.14. The molecule has 1 unspecified atom stereocenters. The largest absolute Gasteiger partial charge is 0.495 e. The van der Waals surface area contributed by atoms with E-state index >= 15 is 0 Å². The third-order valence-corrected chi connectivity index (χ3v) is 4.72. The Hall–Kier alpha value is -1.86. The molecule has 0 saturated carbocycles. The Kier molecular flexibility index (Phi) is 8.31. The van der Waals surface area contributed by atoms with E-state index < -0.39 is 0 Å². The third kappa shape index (κ3) is 5.81. The van der Waals surface area contributed by atoms with Crippen molar-refractivity contribution in [1.82, 2.24) is 15.2 Å². The molecule has 1 fully saturated rings. The maximum atomic E-state index is 12.4. The molecule has 0 spiro atoms. The zero-order valence-corrected chi connectivity index (χ0v) is 16.7. The molecule has 3 rings (SSSR count). The molecule has 1 atom stereocenters. The molecule has 0 radical (unpaired) electrons. The normalized spacial score (nSPS) is 17.0. The summed E-state index contributed by atoms with van der Waals surface area (Å²) in [5.41, 5.74) is 1.76. The first-order chi connectivity index (χ1) is 12.7. The number of rotatable bonds is 6. The standard InChI is InChI=1S/C19H23ClN4O2.ClH/c1-26-18-5-4-15(20)11-16(18)23-19(25)6-9-24-10-8-22-13-17(24)14-3-2-7-21-12-14;/h2-5,7,11-12,17,22H,6,8-10,13H2,1H3,(H,23,25);1H. The van der Waals surface area contributed by atoms with Crippen LogP contribution in [0.4, 0.5) is 5.69 Å². The van der Waals surface area contributed by atoms with Crippen LogP contribution in [-0.2, 0) is 4.79 Å². The van der Waals surface area contributed by atoms with Crippen LogP contribution < -0.4 is 15.4 Å². The van der Waals surface area contributed by atoms with Crippen LogP contribution >= 0.6 is 24.0 Å². The number of piperazine rings is 1. The van der Waals surface area contributed by atoms with E-state index in [1.165, 1.54) is 0 Å². The number of carbonyl (C=O) groups is 1. The van der Waals surface area contributed by atoms with Gasteiger partial charge in [0.2, 0.25) is 5.91 Å². The van der Waals surface area contributed by atoms with Crippen LogP contribution in [-0.4, -0.2) is 49.1 Å². The first-order valence-corrected chi connectivity index (χ1v) is 9.03. The number of ether oxygens (including phenoxy) is 1. The summed E-state index contributed by atoms with van der Waals surface area (Å²) in [6.45, 7) is 3.35. The van der Waals surface area contributed by atoms with Gasteiger partial charge >= 0.3 is 0 Å². The van der Waals surface area contributed by atoms with Crippen molar-refractivity contribution in [2.24, 2.45) is 0 Å². The van der Waals surface area contributed by atoms with Gasteiger partial charge in [0.15, 0.2) is 0 Å². The second-order valence-electron chi connectivity index (χ2n) is 6.19. The van der Waals surface area contributed by atoms with E-state index in [1.54, 1.807) is 31.5 Å². The average Bonchev–Trinajstić information content (AvgIpc) is 2.67. The number of benzene rings is 1. The molecule has 2 aromatic rings. The molecule has 146 valence electrons. The highest BCUT2D eigenvalue weighted by Crippen LogP contribution is 2.28. The van der Waals surface area contributed by atoms with Gasteiger partial charge in [-0.2, -0.15) is 0 Å². The van der Waals surface area contributed by atoms with Gasteiger partial charge in [-0.1, -0.05) is 17.7 Å². The summed E-state index contributed by atoms with van der Waals surface area (Å²) < 4.78 is 5.27. The molecule has 27 heavy (non-hydrogen) atoms. The van der Waals surface area contributed by atoms with Crippen molar-refractivity contribution in [3.05, 3.63) is 53.3 Å². The summed E-state index contributed by atoms with van der Waals surface area (Å²) in [5.74, 6) is 0.534. The van der Waals surface area contributed by atoms with E-state index in [2.05, 4.69) is 26.6 Å². The molecule has 1 saturated heterocycles. The van der Waals surface area contributed by atoms with Gasteiger partial charge < -0.3 is 15.4 Å². The summed E-state index contributed by atoms with van der Waals surface area (Å²) in [7, 11) is 1.57. The van der Waals surface area contributed by atoms with Gasteiger partial charge in [-0.15, -0.1) is 12.4 Å². The number of carbonyl (C=O) groups excluding carboxylic acids is 1. The zero-order chi connectivity index (χ0) is 18.4. The molecule has 1 aromatic carbocycles. The van der Waals surface area contributed by atoms with Crippen molar-refractivity contribution in [1.29, 1.82) is 0 Å². The van der Waals surface area contributed by atoms with Gasteiger partial charge in [0.05, 0.1) is 12.8 Å². The van der Waals surface area contributed by atoms with E-state index in [0.29, 0.717) is 29.4 Å². The molecule has 1 aromatic heterocycles. The Balaban J connectivity index is 0.00000261. The molecule has 0 aliphatic carbocycles. The fourth-order valence-electron chi connectivity index (χ4n) is 3.15. The van der Waals surface area contributed by atoms with Gasteiger partial charge in [0.25, 0.3) is 0 Å². The van der Waals surface area contributed by atoms with Crippen LogP contribution in [0.15, 0.2) is 42.7 Å². The minimum atomic E-state index is -0.0611. The van der Waals surface area contributed by atoms with Crippen molar-refractivity contribution in [3.63, 3.8) is 0 Å². The minimum Gasteiger partial charge on any atom is -0.495 e. The van der Waals surface area contributed by atoms with Gasteiger partial charge in [-0.05, 0) is 29.8 Å². The van der Waals surface area contributed by atoms with Crippen molar-refractivity contribution >= 4 is 35.6 Å². The van der Waals surface area contributed by atoms with E-state index in [9.17, 15) is 4.79 Å². The van der Waals surface area contributed by atoms with Crippen molar-refractivity contribution in [2.75, 3.05) is 38.6 Å². The topological polar surface area (TPSA) is 66.5 Å². The van der Waals surface area contributed by atoms with Gasteiger partial charge in [0.1, 0.15) is 5.75 Å². The van der Waals surface area contributed by atoms with Crippen molar-refractivity contribution in [3.8, 4) is 5.75 Å². The van der Waals surface area contributed by atoms with Gasteiger partial charge in [-0.25, -0.2) is 0 Å². The fraction of sp³-hybridized carbons (Fsp3) is 0.368. The van der Waals surface area contributed by atoms with Crippen LogP contribution in [0.3, 0.4) is 0 Å². The van der Waals surface area contributed by atoms with Crippen LogP contribution in [0.1, 0.15) is 18.0 Å². The molecule has 1 amide bonds. The highest BCUT2D eigenvalue weighted by Gasteiger charge is 2.24. The average molecular weight is 411 g/mol. The molecule has 1 aliphatic heterocycles. The SMILES string of the molecule is COc1ccc(Cl)cc1NC(=O)CCN1CCNCC1c1cccnc1.Cl. The lowest BCUT2D eigenvalue weighted by Crippen LogP contribution is -2.46. The van der Waals surface area contributed by atoms with E-state index in [1.807, 2.05) is 12.3 Å². The number of anilines is 1. The first kappa shape index (κ1) is 21.4. The molecular weight excluding hydrogens is 387 g/mol. The Labute approximate surface area is 170 Å². The number of nitrogens with zero attached hydrogens (tertiary/aromatic N) is 2. The Morgan fingerprint density at radius 3 is 3.04 bits per heavy atom. The van der Waals surface area contributed by atoms with E-state index in [-0.39, 0.29) is 24.4 Å². The number of hydrogen-bond acceptors (Lipinski definition) is 5. The maximum Gasteiger partial charge on any atom is 0.225 e. The number of nitrogens with one attached hydrogen (secondary N) is 2. The van der Waals surface area contributed by atoms with Crippen LogP contribution in [0, 0.1) is 0 Å².